The lowest BCUT2D eigenvalue weighted by Crippen LogP contribution is -2.27. The van der Waals surface area contributed by atoms with Crippen LogP contribution in [0, 0.1) is 12.8 Å². The first-order chi connectivity index (χ1) is 12.7. The molecular weight excluding hydrogens is 366 g/mol. The Kier molecular flexibility index (Phi) is 4.97. The average Bonchev–Trinajstić information content (AvgIpc) is 2.97. The minimum Gasteiger partial charge on any atom is -0.293 e. The molecule has 2 aromatic carbocycles. The number of fused-ring (bicyclic) bond motifs is 1. The van der Waals surface area contributed by atoms with Crippen LogP contribution in [0.15, 0.2) is 47.4 Å². The maximum Gasteiger partial charge on any atom is 0.261 e. The van der Waals surface area contributed by atoms with Crippen molar-refractivity contribution in [3.63, 3.8) is 0 Å². The molecule has 7 heteroatoms. The van der Waals surface area contributed by atoms with Gasteiger partial charge in [0.25, 0.3) is 10.0 Å². The van der Waals surface area contributed by atoms with Gasteiger partial charge in [0.05, 0.1) is 10.8 Å². The number of Topliss-reactive ketones (excluding diaryl/α,β-unsaturated/α-hetero) is 3. The summed E-state index contributed by atoms with van der Waals surface area (Å²) in [6, 6.07) is 11.0. The number of hydrogen-bond donors (Lipinski definition) is 1. The first-order valence-corrected chi connectivity index (χ1v) is 10.0. The van der Waals surface area contributed by atoms with E-state index in [1.807, 2.05) is 6.92 Å². The number of carbonyl (C=O) groups excluding carboxylic acids is 3. The third-order valence-corrected chi connectivity index (χ3v) is 6.01. The zero-order valence-electron chi connectivity index (χ0n) is 15.0. The molecule has 1 unspecified atom stereocenters. The molecule has 0 spiro atoms. The Labute approximate surface area is 157 Å². The molecule has 6 nitrogen and oxygen atoms in total. The van der Waals surface area contributed by atoms with E-state index in [9.17, 15) is 22.8 Å². The summed E-state index contributed by atoms with van der Waals surface area (Å²) in [6.45, 7) is 3.43. The number of nitrogens with one attached hydrogen (secondary N) is 1. The fourth-order valence-electron chi connectivity index (χ4n) is 3.06. The Hall–Kier alpha value is -2.80. The number of benzene rings is 2. The molecule has 1 atom stereocenters. The number of hydrogen-bond acceptors (Lipinski definition) is 5. The molecule has 27 heavy (non-hydrogen) atoms. The molecule has 1 N–H and O–H groups in total. The van der Waals surface area contributed by atoms with Crippen LogP contribution in [0.3, 0.4) is 0 Å². The monoisotopic (exact) mass is 385 g/mol. The maximum absolute atomic E-state index is 12.5. The van der Waals surface area contributed by atoms with Gasteiger partial charge in [0, 0.05) is 17.7 Å². The van der Waals surface area contributed by atoms with Crippen LogP contribution < -0.4 is 4.72 Å². The lowest BCUT2D eigenvalue weighted by Gasteiger charge is -2.09. The van der Waals surface area contributed by atoms with Crippen LogP contribution in [0.4, 0.5) is 5.69 Å². The maximum atomic E-state index is 12.5. The van der Waals surface area contributed by atoms with Crippen molar-refractivity contribution in [3.8, 4) is 0 Å². The summed E-state index contributed by atoms with van der Waals surface area (Å²) in [5.41, 5.74) is 2.09. The highest BCUT2D eigenvalue weighted by Crippen LogP contribution is 2.31. The molecular formula is C20H19NO5S. The zero-order chi connectivity index (χ0) is 19.8. The number of carbonyl (C=O) groups is 3. The van der Waals surface area contributed by atoms with Gasteiger partial charge in [-0.1, -0.05) is 30.7 Å². The predicted octanol–water partition coefficient (Wildman–Crippen LogP) is 2.70. The summed E-state index contributed by atoms with van der Waals surface area (Å²) in [7, 11) is -3.79. The van der Waals surface area contributed by atoms with Gasteiger partial charge in [-0.3, -0.25) is 19.1 Å². The standard InChI is InChI=1S/C20H19NO5S/c1-3-18(22)20(24)17-10-13-6-7-14(11-16(13)19(17)23)21-27(25,26)15-8-4-12(2)5-9-15/h4-9,11,17,21H,3,10H2,1-2H3. The molecule has 0 saturated carbocycles. The highest BCUT2D eigenvalue weighted by molar-refractivity contribution is 7.92. The van der Waals surface area contributed by atoms with Crippen LogP contribution in [0.2, 0.25) is 0 Å². The number of sulfonamides is 1. The third kappa shape index (κ3) is 3.68. The normalized spacial score (nSPS) is 16.1. The number of ketones is 3. The largest absolute Gasteiger partial charge is 0.293 e. The van der Waals surface area contributed by atoms with Crippen LogP contribution in [-0.4, -0.2) is 25.8 Å². The molecule has 0 aliphatic heterocycles. The van der Waals surface area contributed by atoms with Crippen LogP contribution in [0.5, 0.6) is 0 Å². The smallest absolute Gasteiger partial charge is 0.261 e. The van der Waals surface area contributed by atoms with E-state index in [2.05, 4.69) is 4.72 Å². The number of anilines is 1. The molecule has 3 rings (SSSR count). The van der Waals surface area contributed by atoms with Crippen molar-refractivity contribution >= 4 is 33.1 Å². The fourth-order valence-corrected chi connectivity index (χ4v) is 4.11. The molecule has 140 valence electrons. The molecule has 2 aromatic rings. The highest BCUT2D eigenvalue weighted by Gasteiger charge is 2.38. The van der Waals surface area contributed by atoms with E-state index < -0.39 is 33.3 Å². The summed E-state index contributed by atoms with van der Waals surface area (Å²) in [6.07, 6.45) is 0.226. The lowest BCUT2D eigenvalue weighted by atomic mass is 9.96. The van der Waals surface area contributed by atoms with Gasteiger partial charge in [-0.25, -0.2) is 8.42 Å². The third-order valence-electron chi connectivity index (χ3n) is 4.61. The molecule has 0 bridgehead atoms. The van der Waals surface area contributed by atoms with Crippen molar-refractivity contribution in [2.45, 2.75) is 31.6 Å². The Morgan fingerprint density at radius 3 is 2.41 bits per heavy atom. The lowest BCUT2D eigenvalue weighted by molar-refractivity contribution is -0.137. The van der Waals surface area contributed by atoms with E-state index in [0.717, 1.165) is 5.56 Å². The van der Waals surface area contributed by atoms with E-state index in [1.54, 1.807) is 31.2 Å². The van der Waals surface area contributed by atoms with Crippen molar-refractivity contribution in [2.75, 3.05) is 4.72 Å². The van der Waals surface area contributed by atoms with Gasteiger partial charge in [-0.2, -0.15) is 0 Å². The van der Waals surface area contributed by atoms with E-state index >= 15 is 0 Å². The Bertz CT molecular complexity index is 1040. The van der Waals surface area contributed by atoms with Crippen LogP contribution in [-0.2, 0) is 26.0 Å². The van der Waals surface area contributed by atoms with Gasteiger partial charge < -0.3 is 0 Å². The van der Waals surface area contributed by atoms with Gasteiger partial charge in [-0.15, -0.1) is 0 Å². The average molecular weight is 385 g/mol. The molecule has 0 radical (unpaired) electrons. The van der Waals surface area contributed by atoms with Crippen molar-refractivity contribution in [1.29, 1.82) is 0 Å². The van der Waals surface area contributed by atoms with Crippen molar-refractivity contribution in [3.05, 3.63) is 59.2 Å². The van der Waals surface area contributed by atoms with Gasteiger partial charge in [0.2, 0.25) is 5.78 Å². The molecule has 0 heterocycles. The molecule has 0 fully saturated rings. The van der Waals surface area contributed by atoms with E-state index in [1.165, 1.54) is 18.2 Å². The van der Waals surface area contributed by atoms with E-state index in [0.29, 0.717) is 5.56 Å². The van der Waals surface area contributed by atoms with Crippen molar-refractivity contribution < 1.29 is 22.8 Å². The number of rotatable bonds is 6. The van der Waals surface area contributed by atoms with Crippen LogP contribution >= 0.6 is 0 Å². The van der Waals surface area contributed by atoms with Crippen LogP contribution in [0.1, 0.15) is 34.8 Å². The molecule has 0 amide bonds. The SMILES string of the molecule is CCC(=O)C(=O)C1Cc2ccc(NS(=O)(=O)c3ccc(C)cc3)cc2C1=O. The molecule has 1 aliphatic carbocycles. The van der Waals surface area contributed by atoms with Crippen molar-refractivity contribution in [2.24, 2.45) is 5.92 Å². The zero-order valence-corrected chi connectivity index (χ0v) is 15.8. The Morgan fingerprint density at radius 2 is 1.78 bits per heavy atom. The molecule has 0 aromatic heterocycles. The second kappa shape index (κ2) is 7.08. The van der Waals surface area contributed by atoms with Gasteiger partial charge in [-0.05, 0) is 43.2 Å². The Balaban J connectivity index is 1.85. The Morgan fingerprint density at radius 1 is 1.11 bits per heavy atom. The summed E-state index contributed by atoms with van der Waals surface area (Å²) in [5, 5.41) is 0. The van der Waals surface area contributed by atoms with Gasteiger partial charge in [0.1, 0.15) is 0 Å². The topological polar surface area (TPSA) is 97.4 Å². The van der Waals surface area contributed by atoms with E-state index in [-0.39, 0.29) is 29.0 Å². The van der Waals surface area contributed by atoms with Crippen molar-refractivity contribution in [1.82, 2.24) is 0 Å². The van der Waals surface area contributed by atoms with E-state index in [4.69, 9.17) is 0 Å². The van der Waals surface area contributed by atoms with Gasteiger partial charge in [0.15, 0.2) is 11.6 Å². The summed E-state index contributed by atoms with van der Waals surface area (Å²) < 4.78 is 27.5. The minimum atomic E-state index is -3.79. The second-order valence-corrected chi connectivity index (χ2v) is 8.23. The van der Waals surface area contributed by atoms with Gasteiger partial charge >= 0.3 is 0 Å². The number of aryl methyl sites for hydroxylation is 1. The first kappa shape index (κ1) is 19.0. The summed E-state index contributed by atoms with van der Waals surface area (Å²) in [5.74, 6) is -2.69. The fraction of sp³-hybridized carbons (Fsp3) is 0.250. The highest BCUT2D eigenvalue weighted by atomic mass is 32.2. The molecule has 0 saturated heterocycles. The first-order valence-electron chi connectivity index (χ1n) is 8.56. The minimum absolute atomic E-state index is 0.0561. The summed E-state index contributed by atoms with van der Waals surface area (Å²) in [4.78, 5) is 36.4. The summed E-state index contributed by atoms with van der Waals surface area (Å²) >= 11 is 0. The second-order valence-electron chi connectivity index (χ2n) is 6.55. The quantitative estimate of drug-likeness (QED) is 0.609. The molecule has 1 aliphatic rings. The predicted molar refractivity (Wildman–Crippen MR) is 100 cm³/mol. The van der Waals surface area contributed by atoms with Crippen LogP contribution in [0.25, 0.3) is 0 Å².